The molecule has 0 radical (unpaired) electrons. The lowest BCUT2D eigenvalue weighted by atomic mass is 10.1. The summed E-state index contributed by atoms with van der Waals surface area (Å²) in [5.74, 6) is -4.20. The lowest BCUT2D eigenvalue weighted by molar-refractivity contribution is -0.173. The molecule has 0 aromatic rings. The van der Waals surface area contributed by atoms with Crippen molar-refractivity contribution in [3.63, 3.8) is 0 Å². The Morgan fingerprint density at radius 3 is 1.91 bits per heavy atom. The van der Waals surface area contributed by atoms with Crippen molar-refractivity contribution < 1.29 is 46.6 Å². The third kappa shape index (κ3) is 12.8. The molecule has 34 heavy (non-hydrogen) atoms. The van der Waals surface area contributed by atoms with E-state index in [0.29, 0.717) is 0 Å². The standard InChI is InChI=1S/C20H33F3N4O7/c1-11(14(28)26-12(2)16(30)33-6)25-15(29)13(27-18(32)34-19(3,4)5)9-7-8-10-24-17(31)20(21,22)23/h11-13H,7-10H2,1-6H3,(H,24,31)(H,25,29)(H,26,28)(H,27,32)/t11?,12-,13+/m1/s1. The Labute approximate surface area is 195 Å². The second-order valence-electron chi connectivity index (χ2n) is 8.43. The molecule has 0 aliphatic heterocycles. The fourth-order valence-electron chi connectivity index (χ4n) is 2.45. The first-order chi connectivity index (χ1) is 15.5. The minimum absolute atomic E-state index is 0.0140. The van der Waals surface area contributed by atoms with Gasteiger partial charge < -0.3 is 30.7 Å². The summed E-state index contributed by atoms with van der Waals surface area (Å²) in [5.41, 5.74) is -0.857. The molecule has 14 heteroatoms. The number of hydrogen-bond acceptors (Lipinski definition) is 7. The molecule has 0 rings (SSSR count). The number of esters is 1. The number of carbonyl (C=O) groups excluding carboxylic acids is 5. The van der Waals surface area contributed by atoms with Gasteiger partial charge in [0.05, 0.1) is 7.11 Å². The molecule has 196 valence electrons. The highest BCUT2D eigenvalue weighted by Crippen LogP contribution is 2.14. The molecule has 0 aliphatic rings. The van der Waals surface area contributed by atoms with Gasteiger partial charge in [0.2, 0.25) is 11.8 Å². The highest BCUT2D eigenvalue weighted by molar-refractivity contribution is 5.92. The average Bonchev–Trinajstić information content (AvgIpc) is 2.69. The van der Waals surface area contributed by atoms with Crippen molar-refractivity contribution in [1.82, 2.24) is 21.3 Å². The Hall–Kier alpha value is -3.06. The van der Waals surface area contributed by atoms with E-state index in [1.807, 2.05) is 0 Å². The SMILES string of the molecule is COC(=O)[C@@H](C)NC(=O)C(C)NC(=O)[C@H](CCCCNC(=O)C(F)(F)F)NC(=O)OC(C)(C)C. The van der Waals surface area contributed by atoms with Gasteiger partial charge in [-0.15, -0.1) is 0 Å². The predicted molar refractivity (Wildman–Crippen MR) is 113 cm³/mol. The number of rotatable bonds is 11. The molecule has 0 aromatic carbocycles. The molecule has 11 nitrogen and oxygen atoms in total. The van der Waals surface area contributed by atoms with Crippen LogP contribution in [-0.4, -0.2) is 73.3 Å². The lowest BCUT2D eigenvalue weighted by Gasteiger charge is -2.24. The van der Waals surface area contributed by atoms with Gasteiger partial charge in [0.1, 0.15) is 23.7 Å². The maximum atomic E-state index is 12.7. The molecule has 0 heterocycles. The van der Waals surface area contributed by atoms with Gasteiger partial charge >= 0.3 is 24.1 Å². The monoisotopic (exact) mass is 498 g/mol. The van der Waals surface area contributed by atoms with Gasteiger partial charge in [0, 0.05) is 6.54 Å². The second-order valence-corrected chi connectivity index (χ2v) is 8.43. The lowest BCUT2D eigenvalue weighted by Crippen LogP contribution is -2.54. The molecule has 0 aliphatic carbocycles. The average molecular weight is 498 g/mol. The molecule has 0 bridgehead atoms. The van der Waals surface area contributed by atoms with Crippen LogP contribution >= 0.6 is 0 Å². The number of alkyl carbamates (subject to hydrolysis) is 1. The zero-order valence-electron chi connectivity index (χ0n) is 20.1. The van der Waals surface area contributed by atoms with Crippen molar-refractivity contribution in [2.45, 2.75) is 83.8 Å². The molecule has 0 aromatic heterocycles. The fourth-order valence-corrected chi connectivity index (χ4v) is 2.45. The Kier molecular flexibility index (Phi) is 12.4. The fraction of sp³-hybridized carbons (Fsp3) is 0.750. The molecule has 4 amide bonds. The van der Waals surface area contributed by atoms with E-state index in [1.165, 1.54) is 13.8 Å². The number of methoxy groups -OCH3 is 1. The van der Waals surface area contributed by atoms with Crippen molar-refractivity contribution in [2.75, 3.05) is 13.7 Å². The van der Waals surface area contributed by atoms with Crippen molar-refractivity contribution >= 4 is 29.8 Å². The van der Waals surface area contributed by atoms with E-state index in [-0.39, 0.29) is 25.8 Å². The van der Waals surface area contributed by atoms with E-state index in [1.54, 1.807) is 26.1 Å². The van der Waals surface area contributed by atoms with Gasteiger partial charge in [-0.1, -0.05) is 0 Å². The minimum Gasteiger partial charge on any atom is -0.467 e. The van der Waals surface area contributed by atoms with Gasteiger partial charge in [-0.2, -0.15) is 13.2 Å². The van der Waals surface area contributed by atoms with Gasteiger partial charge in [0.25, 0.3) is 0 Å². The Balaban J connectivity index is 5.00. The summed E-state index contributed by atoms with van der Waals surface area (Å²) in [7, 11) is 1.15. The summed E-state index contributed by atoms with van der Waals surface area (Å²) in [6.07, 6.45) is -5.67. The first-order valence-corrected chi connectivity index (χ1v) is 10.5. The largest absolute Gasteiger partial charge is 0.471 e. The smallest absolute Gasteiger partial charge is 0.467 e. The van der Waals surface area contributed by atoms with Crippen LogP contribution in [0.15, 0.2) is 0 Å². The van der Waals surface area contributed by atoms with E-state index >= 15 is 0 Å². The molecule has 3 atom stereocenters. The summed E-state index contributed by atoms with van der Waals surface area (Å²) >= 11 is 0. The van der Waals surface area contributed by atoms with Crippen LogP contribution in [0.4, 0.5) is 18.0 Å². The number of ether oxygens (including phenoxy) is 2. The van der Waals surface area contributed by atoms with Crippen LogP contribution in [0.5, 0.6) is 0 Å². The van der Waals surface area contributed by atoms with E-state index in [2.05, 4.69) is 20.7 Å². The molecule has 4 N–H and O–H groups in total. The van der Waals surface area contributed by atoms with Crippen LogP contribution in [0, 0.1) is 0 Å². The Morgan fingerprint density at radius 2 is 1.41 bits per heavy atom. The number of unbranched alkanes of at least 4 members (excludes halogenated alkanes) is 1. The van der Waals surface area contributed by atoms with Crippen LogP contribution in [0.3, 0.4) is 0 Å². The van der Waals surface area contributed by atoms with Crippen LogP contribution in [0.2, 0.25) is 0 Å². The molecule has 0 saturated carbocycles. The zero-order chi connectivity index (χ0) is 26.7. The summed E-state index contributed by atoms with van der Waals surface area (Å²) in [6, 6.07) is -3.23. The highest BCUT2D eigenvalue weighted by atomic mass is 19.4. The molecule has 0 fully saturated rings. The maximum absolute atomic E-state index is 12.7. The predicted octanol–water partition coefficient (Wildman–Crippen LogP) is 0.911. The van der Waals surface area contributed by atoms with E-state index in [9.17, 15) is 37.1 Å². The van der Waals surface area contributed by atoms with Crippen molar-refractivity contribution in [3.8, 4) is 0 Å². The van der Waals surface area contributed by atoms with Crippen LogP contribution in [-0.2, 0) is 28.7 Å². The van der Waals surface area contributed by atoms with Crippen LogP contribution in [0.25, 0.3) is 0 Å². The van der Waals surface area contributed by atoms with E-state index in [4.69, 9.17) is 4.74 Å². The Bertz CT molecular complexity index is 739. The first kappa shape index (κ1) is 30.9. The number of amides is 4. The number of halogens is 3. The van der Waals surface area contributed by atoms with Crippen molar-refractivity contribution in [2.24, 2.45) is 0 Å². The molecule has 0 saturated heterocycles. The van der Waals surface area contributed by atoms with Gasteiger partial charge in [-0.3, -0.25) is 14.4 Å². The number of hydrogen-bond donors (Lipinski definition) is 4. The molecular formula is C20H33F3N4O7. The minimum atomic E-state index is -5.00. The zero-order valence-corrected chi connectivity index (χ0v) is 20.1. The van der Waals surface area contributed by atoms with Crippen molar-refractivity contribution in [3.05, 3.63) is 0 Å². The van der Waals surface area contributed by atoms with Crippen LogP contribution < -0.4 is 21.3 Å². The molecular weight excluding hydrogens is 465 g/mol. The summed E-state index contributed by atoms with van der Waals surface area (Å²) in [5, 5.41) is 8.83. The van der Waals surface area contributed by atoms with Crippen molar-refractivity contribution in [1.29, 1.82) is 0 Å². The van der Waals surface area contributed by atoms with Gasteiger partial charge in [-0.25, -0.2) is 9.59 Å². The van der Waals surface area contributed by atoms with E-state index < -0.39 is 59.7 Å². The number of alkyl halides is 3. The van der Waals surface area contributed by atoms with Crippen LogP contribution in [0.1, 0.15) is 53.9 Å². The third-order valence-corrected chi connectivity index (χ3v) is 4.14. The number of nitrogens with one attached hydrogen (secondary N) is 4. The quantitative estimate of drug-likeness (QED) is 0.244. The summed E-state index contributed by atoms with van der Waals surface area (Å²) < 4.78 is 46.3. The highest BCUT2D eigenvalue weighted by Gasteiger charge is 2.38. The van der Waals surface area contributed by atoms with Gasteiger partial charge in [-0.05, 0) is 53.9 Å². The Morgan fingerprint density at radius 1 is 0.853 bits per heavy atom. The third-order valence-electron chi connectivity index (χ3n) is 4.14. The topological polar surface area (TPSA) is 152 Å². The van der Waals surface area contributed by atoms with Gasteiger partial charge in [0.15, 0.2) is 0 Å². The number of carbonyl (C=O) groups is 5. The summed E-state index contributed by atoms with van der Waals surface area (Å²) in [4.78, 5) is 59.2. The molecule has 1 unspecified atom stereocenters. The van der Waals surface area contributed by atoms with E-state index in [0.717, 1.165) is 7.11 Å². The first-order valence-electron chi connectivity index (χ1n) is 10.5. The molecule has 0 spiro atoms. The second kappa shape index (κ2) is 13.6. The normalized spacial score (nSPS) is 14.1. The summed E-state index contributed by atoms with van der Waals surface area (Å²) in [6.45, 7) is 7.29. The maximum Gasteiger partial charge on any atom is 0.471 e.